The van der Waals surface area contributed by atoms with Crippen molar-refractivity contribution in [3.63, 3.8) is 0 Å². The van der Waals surface area contributed by atoms with Crippen molar-refractivity contribution >= 4 is 17.2 Å². The van der Waals surface area contributed by atoms with Gasteiger partial charge in [-0.1, -0.05) is 30.3 Å². The normalized spacial score (nSPS) is 12.2. The number of nitrogens with two attached hydrogens (primary N) is 2. The van der Waals surface area contributed by atoms with Crippen LogP contribution in [0, 0.1) is 13.8 Å². The predicted octanol–water partition coefficient (Wildman–Crippen LogP) is 5.00. The topological polar surface area (TPSA) is 77.3 Å². The number of hydrogen-bond acceptors (Lipinski definition) is 3. The smallest absolute Gasteiger partial charge is 0.398 e. The van der Waals surface area contributed by atoms with Gasteiger partial charge in [0.1, 0.15) is 5.84 Å². The van der Waals surface area contributed by atoms with Crippen molar-refractivity contribution in [3.8, 4) is 11.3 Å². The highest BCUT2D eigenvalue weighted by Crippen LogP contribution is 2.38. The molecule has 1 aromatic heterocycles. The Morgan fingerprint density at radius 1 is 1.00 bits per heavy atom. The van der Waals surface area contributed by atoms with Gasteiger partial charge in [-0.05, 0) is 43.7 Å². The maximum absolute atomic E-state index is 13.4. The van der Waals surface area contributed by atoms with Crippen LogP contribution in [0.2, 0.25) is 0 Å². The zero-order valence-corrected chi connectivity index (χ0v) is 15.4. The molecule has 4 nitrogen and oxygen atoms in total. The zero-order valence-electron chi connectivity index (χ0n) is 15.4. The Kier molecular flexibility index (Phi) is 5.09. The molecule has 3 aromatic rings. The van der Waals surface area contributed by atoms with Crippen molar-refractivity contribution in [2.45, 2.75) is 20.0 Å². The van der Waals surface area contributed by atoms with E-state index in [0.29, 0.717) is 22.6 Å². The van der Waals surface area contributed by atoms with Gasteiger partial charge in [-0.3, -0.25) is 4.98 Å². The molecule has 1 heterocycles. The maximum atomic E-state index is 13.4. The minimum Gasteiger partial charge on any atom is -0.398 e. The Balaban J connectivity index is 2.16. The first-order valence-corrected chi connectivity index (χ1v) is 8.52. The van der Waals surface area contributed by atoms with Crippen LogP contribution < -0.4 is 11.5 Å². The molecule has 0 radical (unpaired) electrons. The van der Waals surface area contributed by atoms with E-state index in [-0.39, 0.29) is 17.1 Å². The van der Waals surface area contributed by atoms with Gasteiger partial charge < -0.3 is 11.5 Å². The van der Waals surface area contributed by atoms with Crippen molar-refractivity contribution in [2.24, 2.45) is 10.7 Å². The number of amidine groups is 1. The largest absolute Gasteiger partial charge is 0.417 e. The minimum atomic E-state index is -4.49. The predicted molar refractivity (Wildman–Crippen MR) is 105 cm³/mol. The molecule has 0 aliphatic heterocycles. The van der Waals surface area contributed by atoms with Crippen LogP contribution >= 0.6 is 0 Å². The number of anilines is 1. The third-order valence-electron chi connectivity index (χ3n) is 4.47. The van der Waals surface area contributed by atoms with E-state index in [1.165, 1.54) is 18.2 Å². The fraction of sp³-hybridized carbons (Fsp3) is 0.143. The quantitative estimate of drug-likeness (QED) is 0.379. The van der Waals surface area contributed by atoms with Gasteiger partial charge in [0.15, 0.2) is 0 Å². The van der Waals surface area contributed by atoms with Gasteiger partial charge in [-0.15, -0.1) is 0 Å². The van der Waals surface area contributed by atoms with E-state index in [4.69, 9.17) is 11.5 Å². The highest BCUT2D eigenvalue weighted by molar-refractivity contribution is 6.03. The molecule has 0 saturated heterocycles. The van der Waals surface area contributed by atoms with E-state index in [0.717, 1.165) is 11.6 Å². The lowest BCUT2D eigenvalue weighted by Crippen LogP contribution is -2.15. The van der Waals surface area contributed by atoms with Gasteiger partial charge in [0, 0.05) is 22.5 Å². The number of rotatable bonds is 3. The summed E-state index contributed by atoms with van der Waals surface area (Å²) in [5.74, 6) is 0.182. The minimum absolute atomic E-state index is 0.00709. The average Bonchev–Trinajstić information content (AvgIpc) is 2.65. The molecule has 28 heavy (non-hydrogen) atoms. The molecule has 0 amide bonds. The summed E-state index contributed by atoms with van der Waals surface area (Å²) in [6, 6.07) is 13.8. The highest BCUT2D eigenvalue weighted by atomic mass is 19.4. The Labute approximate surface area is 160 Å². The Bertz CT molecular complexity index is 1060. The Hall–Kier alpha value is -3.35. The summed E-state index contributed by atoms with van der Waals surface area (Å²) in [5.41, 5.74) is 14.2. The van der Waals surface area contributed by atoms with E-state index in [9.17, 15) is 13.2 Å². The molecule has 2 aromatic carbocycles. The number of hydrogen-bond donors (Lipinski definition) is 2. The van der Waals surface area contributed by atoms with Gasteiger partial charge >= 0.3 is 6.18 Å². The van der Waals surface area contributed by atoms with Crippen molar-refractivity contribution in [1.82, 2.24) is 4.98 Å². The van der Waals surface area contributed by atoms with E-state index in [1.807, 2.05) is 0 Å². The first-order valence-electron chi connectivity index (χ1n) is 8.52. The molecule has 0 unspecified atom stereocenters. The molecule has 3 rings (SSSR count). The molecule has 144 valence electrons. The van der Waals surface area contributed by atoms with E-state index >= 15 is 0 Å². The molecule has 0 bridgehead atoms. The number of benzene rings is 2. The number of para-hydroxylation sites is 1. The molecule has 0 aliphatic rings. The Morgan fingerprint density at radius 3 is 2.32 bits per heavy atom. The fourth-order valence-electron chi connectivity index (χ4n) is 2.85. The summed E-state index contributed by atoms with van der Waals surface area (Å²) in [6.07, 6.45) is -4.49. The SMILES string of the molecule is Cc1nc(-c2ccccc2C(F)(F)F)cc(N=C(N)c2ccccc2N)c1C. The van der Waals surface area contributed by atoms with Crippen molar-refractivity contribution < 1.29 is 13.2 Å². The van der Waals surface area contributed by atoms with Gasteiger partial charge in [0.25, 0.3) is 0 Å². The van der Waals surface area contributed by atoms with Gasteiger partial charge in [0.05, 0.1) is 16.9 Å². The van der Waals surface area contributed by atoms with E-state index in [2.05, 4.69) is 9.98 Å². The first kappa shape index (κ1) is 19.4. The summed E-state index contributed by atoms with van der Waals surface area (Å²) >= 11 is 0. The van der Waals surface area contributed by atoms with Crippen LogP contribution in [0.1, 0.15) is 22.4 Å². The molecular weight excluding hydrogens is 365 g/mol. The monoisotopic (exact) mass is 384 g/mol. The third-order valence-corrected chi connectivity index (χ3v) is 4.47. The average molecular weight is 384 g/mol. The number of pyridine rings is 1. The number of aromatic nitrogens is 1. The maximum Gasteiger partial charge on any atom is 0.417 e. The molecule has 0 atom stereocenters. The van der Waals surface area contributed by atoms with Gasteiger partial charge in [0.2, 0.25) is 0 Å². The molecule has 7 heteroatoms. The molecule has 0 aliphatic carbocycles. The first-order chi connectivity index (χ1) is 13.2. The lowest BCUT2D eigenvalue weighted by Gasteiger charge is -2.14. The Morgan fingerprint density at radius 2 is 1.64 bits per heavy atom. The second kappa shape index (κ2) is 7.34. The molecular formula is C21H19F3N4. The number of nitrogens with zero attached hydrogens (tertiary/aromatic N) is 2. The molecule has 0 saturated carbocycles. The van der Waals surface area contributed by atoms with E-state index in [1.54, 1.807) is 44.2 Å². The number of alkyl halides is 3. The van der Waals surface area contributed by atoms with Crippen LogP contribution in [0.15, 0.2) is 59.6 Å². The summed E-state index contributed by atoms with van der Waals surface area (Å²) < 4.78 is 40.2. The van der Waals surface area contributed by atoms with Crippen LogP contribution in [-0.2, 0) is 6.18 Å². The van der Waals surface area contributed by atoms with Gasteiger partial charge in [-0.25, -0.2) is 4.99 Å². The molecule has 4 N–H and O–H groups in total. The summed E-state index contributed by atoms with van der Waals surface area (Å²) in [6.45, 7) is 3.52. The van der Waals surface area contributed by atoms with Crippen LogP contribution in [0.3, 0.4) is 0 Å². The zero-order chi connectivity index (χ0) is 20.5. The molecule has 0 fully saturated rings. The number of aryl methyl sites for hydroxylation is 1. The van der Waals surface area contributed by atoms with Crippen LogP contribution in [0.4, 0.5) is 24.5 Å². The van der Waals surface area contributed by atoms with Crippen molar-refractivity contribution in [2.75, 3.05) is 5.73 Å². The third kappa shape index (κ3) is 3.83. The summed E-state index contributed by atoms with van der Waals surface area (Å²) in [4.78, 5) is 8.76. The molecule has 0 spiro atoms. The fourth-order valence-corrected chi connectivity index (χ4v) is 2.85. The van der Waals surface area contributed by atoms with Crippen LogP contribution in [0.5, 0.6) is 0 Å². The lowest BCUT2D eigenvalue weighted by molar-refractivity contribution is -0.137. The highest BCUT2D eigenvalue weighted by Gasteiger charge is 2.33. The number of aliphatic imine (C=N–C) groups is 1. The summed E-state index contributed by atoms with van der Waals surface area (Å²) in [5, 5.41) is 0. The standard InChI is InChI=1S/C21H19F3N4/c1-12-13(2)27-19(14-7-3-5-9-16(14)21(22,23)24)11-18(12)28-20(26)15-8-4-6-10-17(15)25/h3-11H,25H2,1-2H3,(H2,26,27,28). The second-order valence-corrected chi connectivity index (χ2v) is 6.36. The van der Waals surface area contributed by atoms with Crippen molar-refractivity contribution in [3.05, 3.63) is 77.0 Å². The summed E-state index contributed by atoms with van der Waals surface area (Å²) in [7, 11) is 0. The van der Waals surface area contributed by atoms with Gasteiger partial charge in [-0.2, -0.15) is 13.2 Å². The van der Waals surface area contributed by atoms with E-state index < -0.39 is 11.7 Å². The second-order valence-electron chi connectivity index (χ2n) is 6.36. The number of halogens is 3. The number of nitrogen functional groups attached to an aromatic ring is 1. The lowest BCUT2D eigenvalue weighted by atomic mass is 10.0. The van der Waals surface area contributed by atoms with Crippen molar-refractivity contribution in [1.29, 1.82) is 0 Å². The van der Waals surface area contributed by atoms with Crippen LogP contribution in [-0.4, -0.2) is 10.8 Å². The van der Waals surface area contributed by atoms with Crippen LogP contribution in [0.25, 0.3) is 11.3 Å².